The first-order valence-corrected chi connectivity index (χ1v) is 5.79. The molecule has 2 unspecified atom stereocenters. The summed E-state index contributed by atoms with van der Waals surface area (Å²) >= 11 is 0. The molecule has 2 fully saturated rings. The molecule has 0 radical (unpaired) electrons. The van der Waals surface area contributed by atoms with E-state index in [2.05, 4.69) is 10.2 Å². The molecule has 1 amide bonds. The third-order valence-electron chi connectivity index (χ3n) is 3.32. The monoisotopic (exact) mass is 248 g/mol. The predicted octanol–water partition coefficient (Wildman–Crippen LogP) is 0.796. The quantitative estimate of drug-likeness (QED) is 0.800. The van der Waals surface area contributed by atoms with Gasteiger partial charge in [0.05, 0.1) is 0 Å². The first-order chi connectivity index (χ1) is 7.24. The van der Waals surface area contributed by atoms with Crippen molar-refractivity contribution in [2.24, 2.45) is 0 Å². The van der Waals surface area contributed by atoms with Crippen LogP contribution in [-0.4, -0.2) is 49.2 Å². The van der Waals surface area contributed by atoms with Gasteiger partial charge in [-0.05, 0) is 32.7 Å². The third kappa shape index (κ3) is 2.87. The fraction of sp³-hybridized carbons (Fsp3) is 0.909. The van der Waals surface area contributed by atoms with Gasteiger partial charge in [0.1, 0.15) is 6.10 Å². The number of halogens is 1. The second kappa shape index (κ2) is 5.84. The van der Waals surface area contributed by atoms with E-state index in [4.69, 9.17) is 4.74 Å². The number of hydrogen-bond donors (Lipinski definition) is 1. The van der Waals surface area contributed by atoms with Gasteiger partial charge in [-0.25, -0.2) is 0 Å². The largest absolute Gasteiger partial charge is 0.372 e. The molecule has 2 aliphatic rings. The number of nitrogens with one attached hydrogen (secondary N) is 1. The highest BCUT2D eigenvalue weighted by molar-refractivity contribution is 5.85. The number of amides is 1. The summed E-state index contributed by atoms with van der Waals surface area (Å²) < 4.78 is 5.12. The molecule has 94 valence electrons. The average Bonchev–Trinajstić information content (AvgIpc) is 2.92. The zero-order chi connectivity index (χ0) is 10.8. The molecule has 1 aliphatic heterocycles. The van der Waals surface area contributed by atoms with Crippen LogP contribution in [0, 0.1) is 0 Å². The smallest absolute Gasteiger partial charge is 0.251 e. The molecular formula is C11H21ClN2O2. The van der Waals surface area contributed by atoms with E-state index in [1.165, 1.54) is 12.8 Å². The summed E-state index contributed by atoms with van der Waals surface area (Å²) in [5.41, 5.74) is 0. The highest BCUT2D eigenvalue weighted by Gasteiger charge is 2.39. The fourth-order valence-electron chi connectivity index (χ4n) is 2.20. The molecule has 1 saturated carbocycles. The molecule has 16 heavy (non-hydrogen) atoms. The summed E-state index contributed by atoms with van der Waals surface area (Å²) in [7, 11) is 1.60. The van der Waals surface area contributed by atoms with Gasteiger partial charge < -0.3 is 15.0 Å². The molecule has 0 aromatic rings. The van der Waals surface area contributed by atoms with Gasteiger partial charge in [0.15, 0.2) is 0 Å². The van der Waals surface area contributed by atoms with Crippen LogP contribution in [0.1, 0.15) is 26.2 Å². The maximum absolute atomic E-state index is 12.1. The Morgan fingerprint density at radius 1 is 1.38 bits per heavy atom. The van der Waals surface area contributed by atoms with Gasteiger partial charge in [-0.15, -0.1) is 12.4 Å². The van der Waals surface area contributed by atoms with E-state index in [9.17, 15) is 4.79 Å². The molecule has 5 heteroatoms. The van der Waals surface area contributed by atoms with E-state index in [-0.39, 0.29) is 24.4 Å². The zero-order valence-corrected chi connectivity index (χ0v) is 10.8. The normalized spacial score (nSPS) is 26.0. The van der Waals surface area contributed by atoms with Crippen molar-refractivity contribution in [3.63, 3.8) is 0 Å². The number of rotatable bonds is 4. The molecule has 1 aliphatic carbocycles. The van der Waals surface area contributed by atoms with E-state index in [0.29, 0.717) is 12.1 Å². The SMILES string of the molecule is COC(C)C(=O)N(C1CC1)C1CCNC1.Cl. The fourth-order valence-corrected chi connectivity index (χ4v) is 2.20. The Balaban J connectivity index is 0.00000128. The van der Waals surface area contributed by atoms with Crippen molar-refractivity contribution >= 4 is 18.3 Å². The lowest BCUT2D eigenvalue weighted by Gasteiger charge is -2.30. The van der Waals surface area contributed by atoms with Crippen molar-refractivity contribution in [3.8, 4) is 0 Å². The van der Waals surface area contributed by atoms with Crippen molar-refractivity contribution in [2.45, 2.75) is 44.4 Å². The molecule has 0 aromatic heterocycles. The highest BCUT2D eigenvalue weighted by Crippen LogP contribution is 2.31. The van der Waals surface area contributed by atoms with Gasteiger partial charge in [-0.2, -0.15) is 0 Å². The summed E-state index contributed by atoms with van der Waals surface area (Å²) in [6.07, 6.45) is 3.11. The Labute approximate surface area is 103 Å². The zero-order valence-electron chi connectivity index (χ0n) is 9.94. The summed E-state index contributed by atoms with van der Waals surface area (Å²) in [4.78, 5) is 14.2. The van der Waals surface area contributed by atoms with Gasteiger partial charge >= 0.3 is 0 Å². The second-order valence-electron chi connectivity index (χ2n) is 4.50. The van der Waals surface area contributed by atoms with Crippen LogP contribution in [0.4, 0.5) is 0 Å². The molecule has 2 rings (SSSR count). The minimum Gasteiger partial charge on any atom is -0.372 e. The summed E-state index contributed by atoms with van der Waals surface area (Å²) in [6.45, 7) is 3.81. The first-order valence-electron chi connectivity index (χ1n) is 5.79. The topological polar surface area (TPSA) is 41.6 Å². The third-order valence-corrected chi connectivity index (χ3v) is 3.32. The Hall–Kier alpha value is -0.320. The molecule has 0 aromatic carbocycles. The average molecular weight is 249 g/mol. The lowest BCUT2D eigenvalue weighted by Crippen LogP contribution is -2.47. The number of nitrogens with zero attached hydrogens (tertiary/aromatic N) is 1. The Bertz CT molecular complexity index is 240. The minimum atomic E-state index is -0.300. The van der Waals surface area contributed by atoms with E-state index >= 15 is 0 Å². The summed E-state index contributed by atoms with van der Waals surface area (Å²) in [5.74, 6) is 0.161. The standard InChI is InChI=1S/C11H20N2O2.ClH/c1-8(15-2)11(14)13(9-3-4-9)10-5-6-12-7-10;/h8-10,12H,3-7H2,1-2H3;1H. The molecule has 1 saturated heterocycles. The van der Waals surface area contributed by atoms with E-state index < -0.39 is 0 Å². The van der Waals surface area contributed by atoms with Crippen LogP contribution in [0.2, 0.25) is 0 Å². The first kappa shape index (κ1) is 13.7. The van der Waals surface area contributed by atoms with Gasteiger partial charge in [0.2, 0.25) is 0 Å². The van der Waals surface area contributed by atoms with Gasteiger partial charge in [-0.1, -0.05) is 0 Å². The summed E-state index contributed by atoms with van der Waals surface area (Å²) in [5, 5.41) is 3.31. The molecule has 0 bridgehead atoms. The van der Waals surface area contributed by atoms with Crippen LogP contribution in [-0.2, 0) is 9.53 Å². The minimum absolute atomic E-state index is 0. The lowest BCUT2D eigenvalue weighted by atomic mass is 10.2. The Morgan fingerprint density at radius 3 is 2.50 bits per heavy atom. The molecule has 4 nitrogen and oxygen atoms in total. The number of carbonyl (C=O) groups is 1. The van der Waals surface area contributed by atoms with E-state index in [1.807, 2.05) is 6.92 Å². The van der Waals surface area contributed by atoms with E-state index in [0.717, 1.165) is 19.5 Å². The lowest BCUT2D eigenvalue weighted by molar-refractivity contribution is -0.143. The summed E-state index contributed by atoms with van der Waals surface area (Å²) in [6, 6.07) is 0.877. The van der Waals surface area contributed by atoms with Crippen molar-refractivity contribution in [3.05, 3.63) is 0 Å². The van der Waals surface area contributed by atoms with Crippen LogP contribution < -0.4 is 5.32 Å². The molecule has 2 atom stereocenters. The van der Waals surface area contributed by atoms with Crippen molar-refractivity contribution < 1.29 is 9.53 Å². The van der Waals surface area contributed by atoms with Crippen LogP contribution in [0.25, 0.3) is 0 Å². The molecule has 1 N–H and O–H groups in total. The van der Waals surface area contributed by atoms with Crippen molar-refractivity contribution in [1.29, 1.82) is 0 Å². The highest BCUT2D eigenvalue weighted by atomic mass is 35.5. The second-order valence-corrected chi connectivity index (χ2v) is 4.50. The van der Waals surface area contributed by atoms with Crippen LogP contribution in [0.15, 0.2) is 0 Å². The van der Waals surface area contributed by atoms with Crippen LogP contribution >= 0.6 is 12.4 Å². The molecular weight excluding hydrogens is 228 g/mol. The van der Waals surface area contributed by atoms with Crippen molar-refractivity contribution in [1.82, 2.24) is 10.2 Å². The number of hydrogen-bond acceptors (Lipinski definition) is 3. The molecule has 1 heterocycles. The number of methoxy groups -OCH3 is 1. The van der Waals surface area contributed by atoms with Crippen molar-refractivity contribution in [2.75, 3.05) is 20.2 Å². The maximum Gasteiger partial charge on any atom is 0.251 e. The Kier molecular flexibility index (Phi) is 5.02. The Morgan fingerprint density at radius 2 is 2.06 bits per heavy atom. The number of carbonyl (C=O) groups excluding carboxylic acids is 1. The van der Waals surface area contributed by atoms with Gasteiger partial charge in [-0.3, -0.25) is 4.79 Å². The van der Waals surface area contributed by atoms with Crippen LogP contribution in [0.5, 0.6) is 0 Å². The van der Waals surface area contributed by atoms with E-state index in [1.54, 1.807) is 7.11 Å². The molecule has 0 spiro atoms. The number of ether oxygens (including phenoxy) is 1. The van der Waals surface area contributed by atoms with Crippen LogP contribution in [0.3, 0.4) is 0 Å². The van der Waals surface area contributed by atoms with Gasteiger partial charge in [0.25, 0.3) is 5.91 Å². The maximum atomic E-state index is 12.1. The van der Waals surface area contributed by atoms with Gasteiger partial charge in [0, 0.05) is 25.7 Å². The predicted molar refractivity (Wildman–Crippen MR) is 64.9 cm³/mol.